The number of carbonyl (C=O) groups is 2. The second-order valence-electron chi connectivity index (χ2n) is 7.26. The lowest BCUT2D eigenvalue weighted by Gasteiger charge is -2.12. The number of amides is 2. The predicted octanol–water partition coefficient (Wildman–Crippen LogP) is 3.82. The van der Waals surface area contributed by atoms with Crippen LogP contribution in [0.2, 0.25) is 0 Å². The molecule has 0 saturated heterocycles. The maximum atomic E-state index is 13.2. The summed E-state index contributed by atoms with van der Waals surface area (Å²) in [4.78, 5) is 25.7. The van der Waals surface area contributed by atoms with Crippen LogP contribution in [0.4, 0.5) is 18.2 Å². The van der Waals surface area contributed by atoms with Gasteiger partial charge in [-0.3, -0.25) is 14.0 Å². The number of halogens is 3. The van der Waals surface area contributed by atoms with Crippen molar-refractivity contribution in [3.63, 3.8) is 0 Å². The quantitative estimate of drug-likeness (QED) is 0.553. The van der Waals surface area contributed by atoms with Crippen molar-refractivity contribution in [3.05, 3.63) is 39.4 Å². The average Bonchev–Trinajstić information content (AvgIpc) is 3.35. The zero-order chi connectivity index (χ0) is 22.5. The molecule has 0 saturated carbocycles. The van der Waals surface area contributed by atoms with Gasteiger partial charge in [0.2, 0.25) is 5.91 Å². The van der Waals surface area contributed by atoms with Crippen LogP contribution in [0.15, 0.2) is 17.4 Å². The van der Waals surface area contributed by atoms with E-state index in [-0.39, 0.29) is 10.8 Å². The summed E-state index contributed by atoms with van der Waals surface area (Å²) in [7, 11) is 0. The van der Waals surface area contributed by atoms with Crippen molar-refractivity contribution < 1.29 is 22.8 Å². The molecular formula is C19H18F3N5O2S2. The van der Waals surface area contributed by atoms with Gasteiger partial charge in [-0.1, -0.05) is 11.8 Å². The van der Waals surface area contributed by atoms with Crippen LogP contribution in [-0.2, 0) is 23.8 Å². The van der Waals surface area contributed by atoms with Gasteiger partial charge in [0.15, 0.2) is 10.8 Å². The fourth-order valence-electron chi connectivity index (χ4n) is 3.55. The van der Waals surface area contributed by atoms with Crippen LogP contribution in [0.5, 0.6) is 0 Å². The number of primary amides is 1. The van der Waals surface area contributed by atoms with Gasteiger partial charge in [-0.25, -0.2) is 0 Å². The Morgan fingerprint density at radius 3 is 2.74 bits per heavy atom. The Labute approximate surface area is 183 Å². The second-order valence-corrected chi connectivity index (χ2v) is 9.67. The molecule has 1 unspecified atom stereocenters. The highest BCUT2D eigenvalue weighted by Gasteiger charge is 2.32. The monoisotopic (exact) mass is 469 g/mol. The molecule has 0 bridgehead atoms. The topological polar surface area (TPSA) is 102 Å². The van der Waals surface area contributed by atoms with E-state index in [2.05, 4.69) is 15.5 Å². The lowest BCUT2D eigenvalue weighted by Crippen LogP contribution is -2.24. The fraction of sp³-hybridized carbons (Fsp3) is 0.368. The molecule has 1 aliphatic rings. The van der Waals surface area contributed by atoms with Gasteiger partial charge in [-0.15, -0.1) is 21.5 Å². The highest BCUT2D eigenvalue weighted by Crippen LogP contribution is 2.39. The van der Waals surface area contributed by atoms with Crippen molar-refractivity contribution >= 4 is 45.6 Å². The molecule has 0 aromatic carbocycles. The summed E-state index contributed by atoms with van der Waals surface area (Å²) in [6, 6.07) is 1.01. The molecular weight excluding hydrogens is 451 g/mol. The second kappa shape index (κ2) is 7.83. The minimum absolute atomic E-state index is 0.163. The molecule has 3 N–H and O–H groups in total. The molecule has 7 nitrogen and oxygen atoms in total. The van der Waals surface area contributed by atoms with E-state index in [9.17, 15) is 22.8 Å². The van der Waals surface area contributed by atoms with Crippen molar-refractivity contribution in [2.75, 3.05) is 5.32 Å². The van der Waals surface area contributed by atoms with E-state index in [1.807, 2.05) is 0 Å². The third kappa shape index (κ3) is 4.01. The molecule has 164 valence electrons. The van der Waals surface area contributed by atoms with Gasteiger partial charge in [0.05, 0.1) is 16.4 Å². The Morgan fingerprint density at radius 1 is 1.32 bits per heavy atom. The molecule has 2 amide bonds. The smallest absolute Gasteiger partial charge is 0.365 e. The number of thiophene rings is 1. The average molecular weight is 470 g/mol. The van der Waals surface area contributed by atoms with E-state index >= 15 is 0 Å². The molecule has 3 aromatic rings. The summed E-state index contributed by atoms with van der Waals surface area (Å²) in [5, 5.41) is 10.5. The first kappa shape index (κ1) is 21.6. The minimum Gasteiger partial charge on any atom is -0.365 e. The van der Waals surface area contributed by atoms with Gasteiger partial charge in [-0.2, -0.15) is 13.2 Å². The van der Waals surface area contributed by atoms with Gasteiger partial charge in [0, 0.05) is 11.1 Å². The third-order valence-electron chi connectivity index (χ3n) is 5.04. The van der Waals surface area contributed by atoms with E-state index in [1.165, 1.54) is 22.7 Å². The molecule has 0 radical (unpaired) electrons. The number of hydrogen-bond donors (Lipinski definition) is 2. The number of hydrogen-bond acceptors (Lipinski definition) is 6. The number of anilines is 1. The van der Waals surface area contributed by atoms with E-state index in [0.29, 0.717) is 16.1 Å². The normalized spacial score (nSPS) is 14.6. The lowest BCUT2D eigenvalue weighted by molar-refractivity contribution is -0.138. The molecule has 4 rings (SSSR count). The Bertz CT molecular complexity index is 1200. The molecule has 1 atom stereocenters. The van der Waals surface area contributed by atoms with Crippen LogP contribution >= 0.6 is 23.1 Å². The number of fused-ring (bicyclic) bond motifs is 2. The Morgan fingerprint density at radius 2 is 2.06 bits per heavy atom. The zero-order valence-corrected chi connectivity index (χ0v) is 18.2. The van der Waals surface area contributed by atoms with E-state index < -0.39 is 28.8 Å². The first-order valence-corrected chi connectivity index (χ1v) is 11.1. The molecule has 31 heavy (non-hydrogen) atoms. The summed E-state index contributed by atoms with van der Waals surface area (Å²) < 4.78 is 40.8. The number of rotatable bonds is 5. The van der Waals surface area contributed by atoms with Gasteiger partial charge in [-0.05, 0) is 50.3 Å². The number of aryl methyl sites for hydroxylation is 2. The SMILES string of the molecule is Cc1cc(C(F)(F)F)cn2c(SC(C)C(=O)Nc3sc4c(c3C(N)=O)CCC4)nnc12. The largest absolute Gasteiger partial charge is 0.417 e. The Balaban J connectivity index is 1.57. The summed E-state index contributed by atoms with van der Waals surface area (Å²) in [6.45, 7) is 3.12. The Hall–Kier alpha value is -2.60. The van der Waals surface area contributed by atoms with Crippen molar-refractivity contribution in [1.82, 2.24) is 14.6 Å². The van der Waals surface area contributed by atoms with Crippen LogP contribution in [-0.4, -0.2) is 31.7 Å². The summed E-state index contributed by atoms with van der Waals surface area (Å²) >= 11 is 2.32. The maximum Gasteiger partial charge on any atom is 0.417 e. The van der Waals surface area contributed by atoms with E-state index in [4.69, 9.17) is 5.73 Å². The first-order chi connectivity index (χ1) is 14.6. The van der Waals surface area contributed by atoms with E-state index in [1.54, 1.807) is 6.92 Å². The lowest BCUT2D eigenvalue weighted by atomic mass is 10.1. The summed E-state index contributed by atoms with van der Waals surface area (Å²) in [6.07, 6.45) is -1.06. The minimum atomic E-state index is -4.52. The molecule has 0 fully saturated rings. The number of nitrogens with zero attached hydrogens (tertiary/aromatic N) is 3. The number of alkyl halides is 3. The standard InChI is InChI=1S/C19H18F3N5O2S2/c1-8-6-10(19(20,21)22)7-27-15(8)25-26-18(27)30-9(2)16(29)24-17-13(14(23)28)11-4-3-5-12(11)31-17/h6-7,9H,3-5H2,1-2H3,(H2,23,28)(H,24,29). The van der Waals surface area contributed by atoms with Gasteiger partial charge in [0.25, 0.3) is 5.91 Å². The number of carbonyl (C=O) groups excluding carboxylic acids is 2. The predicted molar refractivity (Wildman–Crippen MR) is 112 cm³/mol. The van der Waals surface area contributed by atoms with Crippen molar-refractivity contribution in [1.29, 1.82) is 0 Å². The van der Waals surface area contributed by atoms with E-state index in [0.717, 1.165) is 53.7 Å². The molecule has 0 spiro atoms. The third-order valence-corrected chi connectivity index (χ3v) is 7.30. The van der Waals surface area contributed by atoms with Crippen LogP contribution in [0.1, 0.15) is 45.3 Å². The van der Waals surface area contributed by atoms with Crippen LogP contribution in [0.25, 0.3) is 5.65 Å². The van der Waals surface area contributed by atoms with Crippen molar-refractivity contribution in [2.45, 2.75) is 49.7 Å². The molecule has 3 aromatic heterocycles. The summed E-state index contributed by atoms with van der Waals surface area (Å²) in [5.74, 6) is -0.999. The highest BCUT2D eigenvalue weighted by molar-refractivity contribution is 8.00. The fourth-order valence-corrected chi connectivity index (χ4v) is 5.67. The van der Waals surface area contributed by atoms with Crippen LogP contribution in [0.3, 0.4) is 0 Å². The number of pyridine rings is 1. The maximum absolute atomic E-state index is 13.2. The number of nitrogens with two attached hydrogens (primary N) is 1. The van der Waals surface area contributed by atoms with Crippen molar-refractivity contribution in [2.24, 2.45) is 5.73 Å². The van der Waals surface area contributed by atoms with Crippen LogP contribution < -0.4 is 11.1 Å². The molecule has 12 heteroatoms. The first-order valence-electron chi connectivity index (χ1n) is 9.40. The molecule has 0 aliphatic heterocycles. The Kier molecular flexibility index (Phi) is 5.46. The number of thioether (sulfide) groups is 1. The highest BCUT2D eigenvalue weighted by atomic mass is 32.2. The van der Waals surface area contributed by atoms with Crippen molar-refractivity contribution in [3.8, 4) is 0 Å². The van der Waals surface area contributed by atoms with Gasteiger partial charge in [0.1, 0.15) is 5.00 Å². The molecule has 1 aliphatic carbocycles. The van der Waals surface area contributed by atoms with Gasteiger partial charge < -0.3 is 11.1 Å². The number of nitrogens with one attached hydrogen (secondary N) is 1. The summed E-state index contributed by atoms with van der Waals surface area (Å²) in [5.41, 5.74) is 6.55. The zero-order valence-electron chi connectivity index (χ0n) is 16.5. The number of aromatic nitrogens is 3. The van der Waals surface area contributed by atoms with Gasteiger partial charge >= 0.3 is 6.18 Å². The molecule has 3 heterocycles. The van der Waals surface area contributed by atoms with Crippen LogP contribution in [0, 0.1) is 6.92 Å².